The lowest BCUT2D eigenvalue weighted by Gasteiger charge is -2.34. The third kappa shape index (κ3) is 5.20. The predicted octanol–water partition coefficient (Wildman–Crippen LogP) is 3.38. The van der Waals surface area contributed by atoms with Crippen LogP contribution in [0.2, 0.25) is 0 Å². The smallest absolute Gasteiger partial charge is 0.253 e. The van der Waals surface area contributed by atoms with Gasteiger partial charge in [-0.2, -0.15) is 0 Å². The molecule has 0 spiro atoms. The Balaban J connectivity index is 1.47. The summed E-state index contributed by atoms with van der Waals surface area (Å²) >= 11 is 0. The van der Waals surface area contributed by atoms with Crippen molar-refractivity contribution in [1.82, 2.24) is 9.80 Å². The average molecular weight is 380 g/mol. The van der Waals surface area contributed by atoms with Crippen LogP contribution in [0.5, 0.6) is 0 Å². The highest BCUT2D eigenvalue weighted by Crippen LogP contribution is 2.23. The van der Waals surface area contributed by atoms with Crippen LogP contribution >= 0.6 is 0 Å². The molecule has 0 aliphatic carbocycles. The summed E-state index contributed by atoms with van der Waals surface area (Å²) in [5, 5.41) is 2.97. The van der Waals surface area contributed by atoms with E-state index in [9.17, 15) is 9.59 Å². The van der Waals surface area contributed by atoms with E-state index >= 15 is 0 Å². The van der Waals surface area contributed by atoms with Crippen molar-refractivity contribution < 1.29 is 9.59 Å². The number of anilines is 1. The molecule has 5 nitrogen and oxygen atoms in total. The number of nitrogens with zero attached hydrogens (tertiary/aromatic N) is 2. The van der Waals surface area contributed by atoms with Gasteiger partial charge in [-0.25, -0.2) is 0 Å². The largest absolute Gasteiger partial charge is 0.336 e. The molecule has 5 heteroatoms. The molecular formula is C23H29N3O2. The third-order valence-electron chi connectivity index (χ3n) is 5.08. The zero-order valence-electron chi connectivity index (χ0n) is 16.9. The topological polar surface area (TPSA) is 52.7 Å². The Morgan fingerprint density at radius 2 is 1.50 bits per heavy atom. The first kappa shape index (κ1) is 20.1. The van der Waals surface area contributed by atoms with Crippen LogP contribution in [0.15, 0.2) is 54.6 Å². The van der Waals surface area contributed by atoms with Crippen molar-refractivity contribution >= 4 is 17.5 Å². The SMILES string of the molecule is CC(C)(C)c1ccc(NC(=O)CN2CCN(C(=O)c3ccccc3)CC2)cc1. The van der Waals surface area contributed by atoms with E-state index < -0.39 is 0 Å². The highest BCUT2D eigenvalue weighted by molar-refractivity contribution is 5.94. The monoisotopic (exact) mass is 379 g/mol. The minimum Gasteiger partial charge on any atom is -0.336 e. The molecule has 1 N–H and O–H groups in total. The lowest BCUT2D eigenvalue weighted by molar-refractivity contribution is -0.117. The number of rotatable bonds is 4. The molecular weight excluding hydrogens is 350 g/mol. The van der Waals surface area contributed by atoms with Crippen molar-refractivity contribution in [2.24, 2.45) is 0 Å². The molecule has 0 aromatic heterocycles. The Labute approximate surface area is 167 Å². The number of hydrogen-bond donors (Lipinski definition) is 1. The third-order valence-corrected chi connectivity index (χ3v) is 5.08. The first-order chi connectivity index (χ1) is 13.3. The van der Waals surface area contributed by atoms with Gasteiger partial charge in [0.25, 0.3) is 5.91 Å². The van der Waals surface area contributed by atoms with Gasteiger partial charge >= 0.3 is 0 Å². The molecule has 0 bridgehead atoms. The molecule has 1 aliphatic heterocycles. The van der Waals surface area contributed by atoms with Crippen molar-refractivity contribution in [3.63, 3.8) is 0 Å². The lowest BCUT2D eigenvalue weighted by atomic mass is 9.87. The molecule has 2 aromatic rings. The summed E-state index contributed by atoms with van der Waals surface area (Å²) in [4.78, 5) is 28.8. The van der Waals surface area contributed by atoms with E-state index in [1.807, 2.05) is 47.4 Å². The first-order valence-electron chi connectivity index (χ1n) is 9.80. The van der Waals surface area contributed by atoms with Gasteiger partial charge in [0.15, 0.2) is 0 Å². The van der Waals surface area contributed by atoms with Gasteiger partial charge in [0.2, 0.25) is 5.91 Å². The van der Waals surface area contributed by atoms with Crippen LogP contribution in [-0.2, 0) is 10.2 Å². The molecule has 2 amide bonds. The van der Waals surface area contributed by atoms with Gasteiger partial charge in [-0.05, 0) is 35.2 Å². The summed E-state index contributed by atoms with van der Waals surface area (Å²) in [6.07, 6.45) is 0. The molecule has 0 atom stereocenters. The molecule has 0 radical (unpaired) electrons. The maximum Gasteiger partial charge on any atom is 0.253 e. The lowest BCUT2D eigenvalue weighted by Crippen LogP contribution is -2.50. The van der Waals surface area contributed by atoms with Crippen molar-refractivity contribution in [3.05, 3.63) is 65.7 Å². The number of piperazine rings is 1. The number of hydrogen-bond acceptors (Lipinski definition) is 3. The first-order valence-corrected chi connectivity index (χ1v) is 9.80. The maximum atomic E-state index is 12.5. The van der Waals surface area contributed by atoms with E-state index in [-0.39, 0.29) is 17.2 Å². The fourth-order valence-corrected chi connectivity index (χ4v) is 3.33. The number of nitrogens with one attached hydrogen (secondary N) is 1. The van der Waals surface area contributed by atoms with Crippen molar-refractivity contribution in [2.45, 2.75) is 26.2 Å². The van der Waals surface area contributed by atoms with E-state index in [4.69, 9.17) is 0 Å². The maximum absolute atomic E-state index is 12.5. The fraction of sp³-hybridized carbons (Fsp3) is 0.391. The summed E-state index contributed by atoms with van der Waals surface area (Å²) in [5.74, 6) is 0.0370. The van der Waals surface area contributed by atoms with Gasteiger partial charge in [-0.1, -0.05) is 51.1 Å². The normalized spacial score (nSPS) is 15.3. The molecule has 148 valence electrons. The summed E-state index contributed by atoms with van der Waals surface area (Å²) in [5.41, 5.74) is 2.87. The van der Waals surface area contributed by atoms with Crippen LogP contribution in [0.1, 0.15) is 36.7 Å². The highest BCUT2D eigenvalue weighted by Gasteiger charge is 2.23. The molecule has 1 aliphatic rings. The van der Waals surface area contributed by atoms with Gasteiger partial charge in [0.1, 0.15) is 0 Å². The summed E-state index contributed by atoms with van der Waals surface area (Å²) < 4.78 is 0. The molecule has 3 rings (SSSR count). The number of carbonyl (C=O) groups excluding carboxylic acids is 2. The Morgan fingerprint density at radius 3 is 2.07 bits per heavy atom. The molecule has 1 heterocycles. The van der Waals surface area contributed by atoms with Crippen LogP contribution in [0, 0.1) is 0 Å². The van der Waals surface area contributed by atoms with Crippen LogP contribution in [0.3, 0.4) is 0 Å². The number of amides is 2. The highest BCUT2D eigenvalue weighted by atomic mass is 16.2. The molecule has 0 saturated carbocycles. The zero-order valence-corrected chi connectivity index (χ0v) is 16.9. The molecule has 0 unspecified atom stereocenters. The van der Waals surface area contributed by atoms with Crippen LogP contribution in [-0.4, -0.2) is 54.3 Å². The zero-order chi connectivity index (χ0) is 20.1. The van der Waals surface area contributed by atoms with Crippen molar-refractivity contribution in [3.8, 4) is 0 Å². The van der Waals surface area contributed by atoms with Crippen molar-refractivity contribution in [2.75, 3.05) is 38.0 Å². The molecule has 1 saturated heterocycles. The average Bonchev–Trinajstić information content (AvgIpc) is 2.68. The van der Waals surface area contributed by atoms with Crippen LogP contribution in [0.4, 0.5) is 5.69 Å². The van der Waals surface area contributed by atoms with Crippen LogP contribution < -0.4 is 5.32 Å². The molecule has 2 aromatic carbocycles. The quantitative estimate of drug-likeness (QED) is 0.886. The predicted molar refractivity (Wildman–Crippen MR) is 113 cm³/mol. The Morgan fingerprint density at radius 1 is 0.893 bits per heavy atom. The summed E-state index contributed by atoms with van der Waals surface area (Å²) in [7, 11) is 0. The Bertz CT molecular complexity index is 802. The van der Waals surface area contributed by atoms with Gasteiger partial charge in [-0.3, -0.25) is 14.5 Å². The standard InChI is InChI=1S/C23H29N3O2/c1-23(2,3)19-9-11-20(12-10-19)24-21(27)17-25-13-15-26(16-14-25)22(28)18-7-5-4-6-8-18/h4-12H,13-17H2,1-3H3,(H,24,27). The number of benzene rings is 2. The number of carbonyl (C=O) groups is 2. The Kier molecular flexibility index (Phi) is 6.15. The molecule has 1 fully saturated rings. The van der Waals surface area contributed by atoms with E-state index in [1.165, 1.54) is 5.56 Å². The second kappa shape index (κ2) is 8.57. The van der Waals surface area contributed by atoms with Crippen LogP contribution in [0.25, 0.3) is 0 Å². The van der Waals surface area contributed by atoms with Crippen molar-refractivity contribution in [1.29, 1.82) is 0 Å². The molecule has 28 heavy (non-hydrogen) atoms. The van der Waals surface area contributed by atoms with E-state index in [1.54, 1.807) is 0 Å². The summed E-state index contributed by atoms with van der Waals surface area (Å²) in [6.45, 7) is 9.54. The summed E-state index contributed by atoms with van der Waals surface area (Å²) in [6, 6.07) is 17.4. The van der Waals surface area contributed by atoms with Gasteiger partial charge < -0.3 is 10.2 Å². The Hall–Kier alpha value is -2.66. The van der Waals surface area contributed by atoms with E-state index in [2.05, 4.69) is 43.1 Å². The van der Waals surface area contributed by atoms with Gasteiger partial charge in [0, 0.05) is 37.4 Å². The second-order valence-corrected chi connectivity index (χ2v) is 8.31. The van der Waals surface area contributed by atoms with Gasteiger partial charge in [0.05, 0.1) is 6.54 Å². The minimum atomic E-state index is -0.0219. The van der Waals surface area contributed by atoms with E-state index in [0.29, 0.717) is 38.3 Å². The van der Waals surface area contributed by atoms with Gasteiger partial charge in [-0.15, -0.1) is 0 Å². The fourth-order valence-electron chi connectivity index (χ4n) is 3.33. The minimum absolute atomic E-state index is 0.0219. The van der Waals surface area contributed by atoms with E-state index in [0.717, 1.165) is 5.69 Å². The second-order valence-electron chi connectivity index (χ2n) is 8.31.